The number of hydrogen-bond acceptors (Lipinski definition) is 3. The largest absolute Gasteiger partial charge is 0.367 e. The van der Waals surface area contributed by atoms with Crippen LogP contribution in [0.4, 0.5) is 0 Å². The lowest BCUT2D eigenvalue weighted by molar-refractivity contribution is -0.112. The van der Waals surface area contributed by atoms with Crippen molar-refractivity contribution in [2.75, 3.05) is 0 Å². The van der Waals surface area contributed by atoms with Crippen molar-refractivity contribution in [2.45, 2.75) is 0 Å². The van der Waals surface area contributed by atoms with Gasteiger partial charge in [0.05, 0.1) is 16.6 Å². The summed E-state index contributed by atoms with van der Waals surface area (Å²) in [4.78, 5) is 11.5. The van der Waals surface area contributed by atoms with Crippen LogP contribution in [0.25, 0.3) is 24.0 Å². The van der Waals surface area contributed by atoms with E-state index in [0.29, 0.717) is 10.9 Å². The summed E-state index contributed by atoms with van der Waals surface area (Å²) in [6, 6.07) is 0. The second-order valence-corrected chi connectivity index (χ2v) is 3.71. The van der Waals surface area contributed by atoms with Gasteiger partial charge in [0, 0.05) is 23.8 Å². The number of nitrogens with zero attached hydrogens (tertiary/aromatic N) is 2. The quantitative estimate of drug-likeness (QED) is 0.636. The van der Waals surface area contributed by atoms with Crippen LogP contribution in [-0.2, 0) is 4.79 Å². The molecule has 1 aromatic rings. The second-order valence-electron chi connectivity index (χ2n) is 3.71. The minimum Gasteiger partial charge on any atom is -0.367 e. The average molecular weight is 226 g/mol. The maximum absolute atomic E-state index is 11.5. The molecule has 5 heteroatoms. The van der Waals surface area contributed by atoms with Crippen molar-refractivity contribution < 1.29 is 4.79 Å². The smallest absolute Gasteiger partial charge is 0.250 e. The van der Waals surface area contributed by atoms with E-state index in [1.807, 2.05) is 18.4 Å². The first-order valence-corrected chi connectivity index (χ1v) is 5.17. The summed E-state index contributed by atoms with van der Waals surface area (Å²) in [5.74, 6) is -0.461. The van der Waals surface area contributed by atoms with Gasteiger partial charge >= 0.3 is 0 Å². The van der Waals surface area contributed by atoms with Crippen molar-refractivity contribution in [3.63, 3.8) is 0 Å². The molecule has 17 heavy (non-hydrogen) atoms. The highest BCUT2D eigenvalue weighted by Crippen LogP contribution is 2.01. The Balaban J connectivity index is 2.52. The Labute approximate surface area is 96.9 Å². The highest BCUT2D eigenvalue weighted by molar-refractivity contribution is 6.16. The lowest BCUT2D eigenvalue weighted by atomic mass is 10.2. The second kappa shape index (κ2) is 3.48. The monoisotopic (exact) mass is 226 g/mol. The Morgan fingerprint density at radius 1 is 1.35 bits per heavy atom. The maximum Gasteiger partial charge on any atom is 0.250 e. The Morgan fingerprint density at radius 3 is 3.06 bits per heavy atom. The summed E-state index contributed by atoms with van der Waals surface area (Å²) in [5, 5.41) is 8.96. The van der Waals surface area contributed by atoms with Crippen LogP contribution in [0.15, 0.2) is 24.4 Å². The van der Waals surface area contributed by atoms with E-state index in [0.717, 1.165) is 10.9 Å². The molecule has 3 N–H and O–H groups in total. The van der Waals surface area contributed by atoms with Crippen LogP contribution < -0.4 is 21.6 Å². The molecule has 0 unspecified atom stereocenters. The van der Waals surface area contributed by atoms with E-state index in [2.05, 4.69) is 10.4 Å². The van der Waals surface area contributed by atoms with Crippen molar-refractivity contribution in [3.8, 4) is 0 Å². The van der Waals surface area contributed by atoms with Crippen molar-refractivity contribution in [3.05, 3.63) is 40.7 Å². The number of allylic oxidation sites excluding steroid dienone is 2. The van der Waals surface area contributed by atoms with Crippen molar-refractivity contribution in [1.82, 2.24) is 15.1 Å². The van der Waals surface area contributed by atoms with Crippen molar-refractivity contribution in [1.29, 1.82) is 0 Å². The molecule has 0 fully saturated rings. The van der Waals surface area contributed by atoms with Gasteiger partial charge in [0.2, 0.25) is 0 Å². The first kappa shape index (κ1) is 9.65. The first-order valence-electron chi connectivity index (χ1n) is 5.17. The molecule has 0 aromatic carbocycles. The Morgan fingerprint density at radius 2 is 2.24 bits per heavy atom. The third-order valence-corrected chi connectivity index (χ3v) is 2.66. The molecule has 3 rings (SSSR count). The normalized spacial score (nSPS) is 15.6. The summed E-state index contributed by atoms with van der Waals surface area (Å²) in [6.45, 7) is 0. The number of carbonyl (C=O) groups excluding carboxylic acids is 1. The molecule has 84 valence electrons. The van der Waals surface area contributed by atoms with E-state index in [-0.39, 0.29) is 0 Å². The van der Waals surface area contributed by atoms with Crippen molar-refractivity contribution in [2.24, 2.45) is 5.73 Å². The zero-order valence-corrected chi connectivity index (χ0v) is 8.92. The Bertz CT molecular complexity index is 704. The van der Waals surface area contributed by atoms with E-state index in [1.165, 1.54) is 0 Å². The summed E-state index contributed by atoms with van der Waals surface area (Å²) in [5.41, 5.74) is 6.67. The molecule has 3 heterocycles. The molecule has 0 bridgehead atoms. The third kappa shape index (κ3) is 1.40. The van der Waals surface area contributed by atoms with E-state index in [9.17, 15) is 4.79 Å². The van der Waals surface area contributed by atoms with E-state index < -0.39 is 5.91 Å². The molecular formula is C12H10N4O. The van der Waals surface area contributed by atoms with Crippen LogP contribution in [0.1, 0.15) is 5.69 Å². The minimum absolute atomic E-state index is 0.456. The van der Waals surface area contributed by atoms with Crippen molar-refractivity contribution >= 4 is 30.0 Å². The number of rotatable bonds is 1. The van der Waals surface area contributed by atoms with Crippen LogP contribution in [0.2, 0.25) is 0 Å². The molecule has 1 aromatic heterocycles. The number of aromatic nitrogens is 2. The van der Waals surface area contributed by atoms with Crippen LogP contribution in [0, 0.1) is 0 Å². The predicted molar refractivity (Wildman–Crippen MR) is 65.2 cm³/mol. The topological polar surface area (TPSA) is 72.9 Å². The summed E-state index contributed by atoms with van der Waals surface area (Å²) >= 11 is 0. The van der Waals surface area contributed by atoms with E-state index in [1.54, 1.807) is 29.2 Å². The van der Waals surface area contributed by atoms with E-state index >= 15 is 0 Å². The molecule has 0 spiro atoms. The number of hydrogen-bond donors (Lipinski definition) is 2. The number of nitrogens with one attached hydrogen (secondary N) is 1. The molecule has 0 aliphatic carbocycles. The number of nitrogens with two attached hydrogens (primary N) is 1. The van der Waals surface area contributed by atoms with Gasteiger partial charge in [-0.15, -0.1) is 0 Å². The lowest BCUT2D eigenvalue weighted by Crippen LogP contribution is -2.36. The fourth-order valence-corrected chi connectivity index (χ4v) is 1.93. The molecule has 2 aliphatic heterocycles. The average Bonchev–Trinajstić information content (AvgIpc) is 2.54. The molecule has 2 aliphatic rings. The van der Waals surface area contributed by atoms with Gasteiger partial charge in [0.25, 0.3) is 5.91 Å². The lowest BCUT2D eigenvalue weighted by Gasteiger charge is -1.97. The van der Waals surface area contributed by atoms with Gasteiger partial charge in [-0.2, -0.15) is 5.10 Å². The maximum atomic E-state index is 11.5. The van der Waals surface area contributed by atoms with Gasteiger partial charge in [0.15, 0.2) is 0 Å². The molecular weight excluding hydrogens is 216 g/mol. The molecule has 0 radical (unpaired) electrons. The number of carbonyl (C=O) groups is 1. The highest BCUT2D eigenvalue weighted by atomic mass is 16.1. The molecule has 0 saturated carbocycles. The molecule has 1 amide bonds. The van der Waals surface area contributed by atoms with Crippen LogP contribution in [-0.4, -0.2) is 15.7 Å². The van der Waals surface area contributed by atoms with Gasteiger partial charge in [-0.3, -0.25) is 4.79 Å². The number of primary amides is 1. The van der Waals surface area contributed by atoms with Crippen LogP contribution >= 0.6 is 0 Å². The zero-order valence-electron chi connectivity index (χ0n) is 8.92. The standard InChI is InChI=1S/C12H10N4O/c13-12(17)8-3-1-2-6-16-11(8)9-7-14-5-4-10(9)15-16/h1-7,14H,(H2,13,17). The molecule has 0 atom stereocenters. The highest BCUT2D eigenvalue weighted by Gasteiger charge is 2.13. The predicted octanol–water partition coefficient (Wildman–Crippen LogP) is -1.13. The summed E-state index contributed by atoms with van der Waals surface area (Å²) < 4.78 is 1.67. The molecule has 5 nitrogen and oxygen atoms in total. The van der Waals surface area contributed by atoms with Gasteiger partial charge < -0.3 is 11.1 Å². The van der Waals surface area contributed by atoms with Crippen LogP contribution in [0.5, 0.6) is 0 Å². The SMILES string of the molecule is NC(=O)C1=c2c3c(nn2C=CC=C1)C=CNC=3. The zero-order chi connectivity index (χ0) is 11.8. The van der Waals surface area contributed by atoms with Gasteiger partial charge in [-0.05, 0) is 18.2 Å². The third-order valence-electron chi connectivity index (χ3n) is 2.66. The molecule has 0 saturated heterocycles. The van der Waals surface area contributed by atoms with Gasteiger partial charge in [0.1, 0.15) is 0 Å². The van der Waals surface area contributed by atoms with Gasteiger partial charge in [-0.1, -0.05) is 6.08 Å². The number of amides is 1. The van der Waals surface area contributed by atoms with Crippen LogP contribution in [0.3, 0.4) is 0 Å². The Hall–Kier alpha value is -2.56. The summed E-state index contributed by atoms with van der Waals surface area (Å²) in [7, 11) is 0. The van der Waals surface area contributed by atoms with Gasteiger partial charge in [-0.25, -0.2) is 4.68 Å². The Kier molecular flexibility index (Phi) is 1.98. The first-order chi connectivity index (χ1) is 8.27. The van der Waals surface area contributed by atoms with E-state index in [4.69, 9.17) is 5.73 Å². The minimum atomic E-state index is -0.461. The number of fused-ring (bicyclic) bond motifs is 3. The fourth-order valence-electron chi connectivity index (χ4n) is 1.93. The summed E-state index contributed by atoms with van der Waals surface area (Å²) in [6.07, 6.45) is 12.5. The fraction of sp³-hybridized carbons (Fsp3) is 0.